The van der Waals surface area contributed by atoms with Gasteiger partial charge in [-0.1, -0.05) is 18.9 Å². The van der Waals surface area contributed by atoms with Gasteiger partial charge in [0.25, 0.3) is 5.91 Å². The molecule has 3 N–H and O–H groups in total. The number of ether oxygens (including phenoxy) is 1. The Morgan fingerprint density at radius 1 is 1.31 bits per heavy atom. The van der Waals surface area contributed by atoms with Crippen molar-refractivity contribution in [3.05, 3.63) is 23.8 Å². The van der Waals surface area contributed by atoms with Crippen molar-refractivity contribution in [2.24, 2.45) is 10.9 Å². The normalized spacial score (nSPS) is 19.1. The number of nitrogens with one attached hydrogen (secondary N) is 2. The third-order valence-electron chi connectivity index (χ3n) is 5.50. The predicted molar refractivity (Wildman–Crippen MR) is 104 cm³/mol. The van der Waals surface area contributed by atoms with Crippen molar-refractivity contribution in [1.82, 2.24) is 15.5 Å². The van der Waals surface area contributed by atoms with Gasteiger partial charge in [-0.2, -0.15) is 0 Å². The number of carbonyl (C=O) groups excluding carboxylic acids is 2. The molecule has 2 amide bonds. The number of carboxylic acid groups (broad SMARTS) is 1. The fourth-order valence-electron chi connectivity index (χ4n) is 3.98. The molecule has 0 spiro atoms. The molecule has 9 heteroatoms. The zero-order chi connectivity index (χ0) is 20.4. The molecule has 9 nitrogen and oxygen atoms in total. The molecule has 2 heterocycles. The minimum absolute atomic E-state index is 0.103. The highest BCUT2D eigenvalue weighted by Gasteiger charge is 2.30. The number of fused-ring (bicyclic) bond motifs is 2. The van der Waals surface area contributed by atoms with Gasteiger partial charge in [0.05, 0.1) is 12.1 Å². The number of aliphatic carboxylic acids is 1. The molecule has 0 aromatic heterocycles. The van der Waals surface area contributed by atoms with Crippen molar-refractivity contribution in [1.29, 1.82) is 0 Å². The van der Waals surface area contributed by atoms with Crippen LogP contribution in [0.25, 0.3) is 0 Å². The Kier molecular flexibility index (Phi) is 5.37. The second-order valence-electron chi connectivity index (χ2n) is 7.73. The first-order chi connectivity index (χ1) is 14.0. The summed E-state index contributed by atoms with van der Waals surface area (Å²) in [5.41, 5.74) is 1.56. The molecule has 3 aliphatic rings. The van der Waals surface area contributed by atoms with E-state index in [0.29, 0.717) is 36.4 Å². The lowest BCUT2D eigenvalue weighted by atomic mass is 10.1. The van der Waals surface area contributed by atoms with E-state index in [1.165, 1.54) is 12.8 Å². The van der Waals surface area contributed by atoms with E-state index in [4.69, 9.17) is 4.74 Å². The van der Waals surface area contributed by atoms with E-state index >= 15 is 0 Å². The topological polar surface area (TPSA) is 120 Å². The van der Waals surface area contributed by atoms with Crippen molar-refractivity contribution in [3.63, 3.8) is 0 Å². The summed E-state index contributed by atoms with van der Waals surface area (Å²) >= 11 is 0. The molecule has 0 bridgehead atoms. The Morgan fingerprint density at radius 2 is 2.10 bits per heavy atom. The van der Waals surface area contributed by atoms with Gasteiger partial charge in [0.2, 0.25) is 11.9 Å². The second kappa shape index (κ2) is 8.10. The van der Waals surface area contributed by atoms with Gasteiger partial charge in [-0.25, -0.2) is 4.99 Å². The molecule has 0 radical (unpaired) electrons. The summed E-state index contributed by atoms with van der Waals surface area (Å²) in [5, 5.41) is 14.7. The SMILES string of the molecule is O=C(O)CC(Oc1ccc2c(c1)N=C1NC(=O)CN1C2)C(=O)NCC1CCCC1. The number of rotatable bonds is 7. The first-order valence-electron chi connectivity index (χ1n) is 9.90. The van der Waals surface area contributed by atoms with Gasteiger partial charge in [-0.05, 0) is 30.4 Å². The monoisotopic (exact) mass is 400 g/mol. The highest BCUT2D eigenvalue weighted by atomic mass is 16.5. The highest BCUT2D eigenvalue weighted by Crippen LogP contribution is 2.31. The maximum absolute atomic E-state index is 12.5. The van der Waals surface area contributed by atoms with E-state index < -0.39 is 24.4 Å². The molecule has 1 unspecified atom stereocenters. The Morgan fingerprint density at radius 3 is 2.86 bits per heavy atom. The van der Waals surface area contributed by atoms with E-state index in [1.807, 2.05) is 11.0 Å². The molecule has 1 aromatic carbocycles. The minimum atomic E-state index is -1.12. The van der Waals surface area contributed by atoms with Crippen LogP contribution in [0.3, 0.4) is 0 Å². The van der Waals surface area contributed by atoms with Crippen molar-refractivity contribution >= 4 is 29.4 Å². The number of nitrogens with zero attached hydrogens (tertiary/aromatic N) is 2. The first-order valence-corrected chi connectivity index (χ1v) is 9.90. The van der Waals surface area contributed by atoms with Crippen LogP contribution in [0.2, 0.25) is 0 Å². The quantitative estimate of drug-likeness (QED) is 0.631. The Hall–Kier alpha value is -3.10. The van der Waals surface area contributed by atoms with Gasteiger partial charge in [-0.3, -0.25) is 19.7 Å². The maximum atomic E-state index is 12.5. The third kappa shape index (κ3) is 4.49. The predicted octanol–water partition coefficient (Wildman–Crippen LogP) is 1.15. The van der Waals surface area contributed by atoms with Crippen LogP contribution in [0.1, 0.15) is 37.7 Å². The molecule has 1 saturated heterocycles. The Bertz CT molecular complexity index is 862. The average Bonchev–Trinajstić information content (AvgIpc) is 3.31. The van der Waals surface area contributed by atoms with Crippen LogP contribution in [0, 0.1) is 5.92 Å². The van der Waals surface area contributed by atoms with E-state index in [2.05, 4.69) is 15.6 Å². The third-order valence-corrected chi connectivity index (χ3v) is 5.50. The number of carboxylic acids is 1. The molecule has 1 saturated carbocycles. The number of benzene rings is 1. The number of carbonyl (C=O) groups is 3. The van der Waals surface area contributed by atoms with Crippen molar-refractivity contribution < 1.29 is 24.2 Å². The van der Waals surface area contributed by atoms with Crippen LogP contribution in [0.4, 0.5) is 5.69 Å². The fraction of sp³-hybridized carbons (Fsp3) is 0.500. The molecular weight excluding hydrogens is 376 g/mol. The Labute approximate surface area is 168 Å². The van der Waals surface area contributed by atoms with Crippen LogP contribution in [0.15, 0.2) is 23.2 Å². The van der Waals surface area contributed by atoms with Crippen molar-refractivity contribution in [2.45, 2.75) is 44.8 Å². The summed E-state index contributed by atoms with van der Waals surface area (Å²) in [6.45, 7) is 1.37. The summed E-state index contributed by atoms with van der Waals surface area (Å²) in [6, 6.07) is 5.19. The molecule has 4 rings (SSSR count). The van der Waals surface area contributed by atoms with Gasteiger partial charge in [-0.15, -0.1) is 0 Å². The molecule has 2 aliphatic heterocycles. The molecule has 2 fully saturated rings. The largest absolute Gasteiger partial charge is 0.481 e. The smallest absolute Gasteiger partial charge is 0.307 e. The molecular formula is C20H24N4O5. The average molecular weight is 400 g/mol. The molecule has 1 atom stereocenters. The summed E-state index contributed by atoms with van der Waals surface area (Å²) in [5.74, 6) is -0.308. The van der Waals surface area contributed by atoms with Gasteiger partial charge in [0.1, 0.15) is 12.3 Å². The van der Waals surface area contributed by atoms with Crippen molar-refractivity contribution in [3.8, 4) is 5.75 Å². The minimum Gasteiger partial charge on any atom is -0.481 e. The van der Waals surface area contributed by atoms with E-state index in [-0.39, 0.29) is 12.5 Å². The number of guanidine groups is 1. The molecule has 1 aliphatic carbocycles. The number of aliphatic imine (C=N–C) groups is 1. The Balaban J connectivity index is 1.45. The summed E-state index contributed by atoms with van der Waals surface area (Å²) < 4.78 is 5.74. The van der Waals surface area contributed by atoms with Crippen LogP contribution >= 0.6 is 0 Å². The standard InChI is InChI=1S/C20H24N4O5/c25-17-11-24-10-13-5-6-14(7-15(13)22-20(24)23-17)29-16(8-18(26)27)19(28)21-9-12-3-1-2-4-12/h5-7,12,16H,1-4,8-11H2,(H,21,28)(H,26,27)(H,22,23,25). The lowest BCUT2D eigenvalue weighted by molar-refractivity contribution is -0.143. The zero-order valence-corrected chi connectivity index (χ0v) is 16.0. The number of hydrogen-bond acceptors (Lipinski definition) is 6. The van der Waals surface area contributed by atoms with Crippen LogP contribution in [-0.2, 0) is 20.9 Å². The van der Waals surface area contributed by atoms with Gasteiger partial charge >= 0.3 is 5.97 Å². The molecule has 154 valence electrons. The van der Waals surface area contributed by atoms with Gasteiger partial charge < -0.3 is 20.1 Å². The van der Waals surface area contributed by atoms with Crippen molar-refractivity contribution in [2.75, 3.05) is 13.1 Å². The molecule has 29 heavy (non-hydrogen) atoms. The van der Waals surface area contributed by atoms with Crippen LogP contribution < -0.4 is 15.4 Å². The van der Waals surface area contributed by atoms with E-state index in [9.17, 15) is 19.5 Å². The number of amides is 2. The molecule has 1 aromatic rings. The van der Waals surface area contributed by atoms with E-state index in [0.717, 1.165) is 18.4 Å². The van der Waals surface area contributed by atoms with Crippen LogP contribution in [-0.4, -0.2) is 52.9 Å². The van der Waals surface area contributed by atoms with Gasteiger partial charge in [0, 0.05) is 19.2 Å². The van der Waals surface area contributed by atoms with Gasteiger partial charge in [0.15, 0.2) is 6.10 Å². The highest BCUT2D eigenvalue weighted by molar-refractivity contribution is 6.05. The summed E-state index contributed by atoms with van der Waals surface area (Å²) in [6.07, 6.45) is 2.97. The fourth-order valence-corrected chi connectivity index (χ4v) is 3.98. The maximum Gasteiger partial charge on any atom is 0.307 e. The lowest BCUT2D eigenvalue weighted by Crippen LogP contribution is -2.41. The first kappa shape index (κ1) is 19.2. The zero-order valence-electron chi connectivity index (χ0n) is 16.0. The van der Waals surface area contributed by atoms with E-state index in [1.54, 1.807) is 12.1 Å². The second-order valence-corrected chi connectivity index (χ2v) is 7.73. The summed E-state index contributed by atoms with van der Waals surface area (Å²) in [7, 11) is 0. The number of hydrogen-bond donors (Lipinski definition) is 3. The lowest BCUT2D eigenvalue weighted by Gasteiger charge is -2.24. The summed E-state index contributed by atoms with van der Waals surface area (Å²) in [4.78, 5) is 41.6. The van der Waals surface area contributed by atoms with Crippen LogP contribution in [0.5, 0.6) is 5.75 Å².